The Balaban J connectivity index is 1.63. The summed E-state index contributed by atoms with van der Waals surface area (Å²) in [7, 11) is 4.62. The molecule has 0 bridgehead atoms. The summed E-state index contributed by atoms with van der Waals surface area (Å²) < 4.78 is 21.4. The largest absolute Gasteiger partial charge is 0.493 e. The summed E-state index contributed by atoms with van der Waals surface area (Å²) in [6, 6.07) is 7.64. The predicted octanol–water partition coefficient (Wildman–Crippen LogP) is 3.48. The van der Waals surface area contributed by atoms with Crippen molar-refractivity contribution in [3.63, 3.8) is 0 Å². The zero-order valence-corrected chi connectivity index (χ0v) is 17.9. The minimum absolute atomic E-state index is 0.196. The third-order valence-corrected chi connectivity index (χ3v) is 6.12. The number of fused-ring (bicyclic) bond motifs is 1. The lowest BCUT2D eigenvalue weighted by Crippen LogP contribution is -2.36. The Hall–Kier alpha value is -2.91. The second-order valence-electron chi connectivity index (χ2n) is 6.91. The lowest BCUT2D eigenvalue weighted by Gasteiger charge is -2.36. The number of nitrogens with zero attached hydrogens (tertiary/aromatic N) is 3. The number of methoxy groups -OCH3 is 3. The van der Waals surface area contributed by atoms with Crippen molar-refractivity contribution in [2.75, 3.05) is 27.9 Å². The van der Waals surface area contributed by atoms with Gasteiger partial charge < -0.3 is 18.7 Å². The van der Waals surface area contributed by atoms with Crippen molar-refractivity contribution in [3.8, 4) is 22.2 Å². The first-order valence-electron chi connectivity index (χ1n) is 9.55. The van der Waals surface area contributed by atoms with E-state index in [0.29, 0.717) is 29.8 Å². The minimum Gasteiger partial charge on any atom is -0.493 e. The van der Waals surface area contributed by atoms with Gasteiger partial charge in [0.1, 0.15) is 0 Å². The van der Waals surface area contributed by atoms with Gasteiger partial charge in [-0.1, -0.05) is 11.2 Å². The fourth-order valence-electron chi connectivity index (χ4n) is 3.75. The summed E-state index contributed by atoms with van der Waals surface area (Å²) in [5, 5.41) is 6.06. The van der Waals surface area contributed by atoms with Crippen LogP contribution in [0, 0.1) is 0 Å². The third kappa shape index (κ3) is 4.03. The number of carbonyl (C=O) groups excluding carboxylic acids is 1. The van der Waals surface area contributed by atoms with Gasteiger partial charge in [0.05, 0.1) is 39.2 Å². The first-order chi connectivity index (χ1) is 14.6. The van der Waals surface area contributed by atoms with Gasteiger partial charge in [0.25, 0.3) is 0 Å². The van der Waals surface area contributed by atoms with Crippen molar-refractivity contribution in [1.29, 1.82) is 0 Å². The van der Waals surface area contributed by atoms with Crippen LogP contribution in [0.3, 0.4) is 0 Å². The van der Waals surface area contributed by atoms with Crippen molar-refractivity contribution >= 4 is 17.3 Å². The molecule has 1 aromatic carbocycles. The smallest absolute Gasteiger partial charge is 0.307 e. The number of hydrogen-bond acceptors (Lipinski definition) is 9. The lowest BCUT2D eigenvalue weighted by atomic mass is 9.90. The molecule has 2 aromatic heterocycles. The summed E-state index contributed by atoms with van der Waals surface area (Å²) >= 11 is 1.56. The molecular formula is C21H23N3O5S. The SMILES string of the molecule is COC(=O)C[C@@H]1c2cc(OC)c(OC)cc2CCN1Cc1nc(-c2cccs2)no1. The van der Waals surface area contributed by atoms with E-state index < -0.39 is 0 Å². The molecule has 0 radical (unpaired) electrons. The zero-order valence-electron chi connectivity index (χ0n) is 17.1. The number of carbonyl (C=O) groups is 1. The Labute approximate surface area is 178 Å². The number of hydrogen-bond donors (Lipinski definition) is 0. The highest BCUT2D eigenvalue weighted by Crippen LogP contribution is 2.40. The quantitative estimate of drug-likeness (QED) is 0.528. The molecule has 1 aliphatic heterocycles. The van der Waals surface area contributed by atoms with Gasteiger partial charge in [-0.25, -0.2) is 0 Å². The molecule has 1 atom stereocenters. The maximum atomic E-state index is 12.2. The first-order valence-corrected chi connectivity index (χ1v) is 10.4. The molecule has 4 rings (SSSR count). The van der Waals surface area contributed by atoms with E-state index in [1.807, 2.05) is 29.6 Å². The van der Waals surface area contributed by atoms with Gasteiger partial charge in [0.2, 0.25) is 11.7 Å². The maximum absolute atomic E-state index is 12.2. The highest BCUT2D eigenvalue weighted by Gasteiger charge is 2.32. The molecule has 1 aliphatic rings. The van der Waals surface area contributed by atoms with Crippen LogP contribution in [0.1, 0.15) is 29.5 Å². The molecule has 158 valence electrons. The van der Waals surface area contributed by atoms with Crippen molar-refractivity contribution in [1.82, 2.24) is 15.0 Å². The van der Waals surface area contributed by atoms with Gasteiger partial charge in [-0.3, -0.25) is 9.69 Å². The van der Waals surface area contributed by atoms with Crippen molar-refractivity contribution in [3.05, 3.63) is 46.7 Å². The van der Waals surface area contributed by atoms with Gasteiger partial charge in [-0.2, -0.15) is 4.98 Å². The van der Waals surface area contributed by atoms with E-state index in [1.165, 1.54) is 7.11 Å². The standard InChI is InChI=1S/C21H23N3O5S/c1-26-16-9-13-6-7-24(12-19-22-21(23-29-19)18-5-4-8-30-18)15(11-20(25)28-3)14(13)10-17(16)27-2/h4-5,8-10,15H,6-7,11-12H2,1-3H3/t15-/m1/s1. The Kier molecular flexibility index (Phi) is 6.01. The van der Waals surface area contributed by atoms with E-state index >= 15 is 0 Å². The second-order valence-corrected chi connectivity index (χ2v) is 7.86. The van der Waals surface area contributed by atoms with E-state index in [4.69, 9.17) is 18.7 Å². The minimum atomic E-state index is -0.280. The van der Waals surface area contributed by atoms with Crippen LogP contribution in [0.15, 0.2) is 34.2 Å². The van der Waals surface area contributed by atoms with Gasteiger partial charge >= 0.3 is 5.97 Å². The van der Waals surface area contributed by atoms with E-state index in [9.17, 15) is 4.79 Å². The van der Waals surface area contributed by atoms with Crippen molar-refractivity contribution in [2.45, 2.75) is 25.4 Å². The molecule has 0 saturated heterocycles. The lowest BCUT2D eigenvalue weighted by molar-refractivity contribution is -0.142. The van der Waals surface area contributed by atoms with Gasteiger partial charge in [0, 0.05) is 12.6 Å². The molecule has 8 nitrogen and oxygen atoms in total. The summed E-state index contributed by atoms with van der Waals surface area (Å²) in [4.78, 5) is 19.8. The summed E-state index contributed by atoms with van der Waals surface area (Å²) in [5.74, 6) is 2.12. The van der Waals surface area contributed by atoms with Crippen LogP contribution in [-0.2, 0) is 22.5 Å². The molecule has 0 saturated carbocycles. The fraction of sp³-hybridized carbons (Fsp3) is 0.381. The van der Waals surface area contributed by atoms with Crippen LogP contribution >= 0.6 is 11.3 Å². The van der Waals surface area contributed by atoms with Crippen LogP contribution in [0.5, 0.6) is 11.5 Å². The molecule has 9 heteroatoms. The molecule has 0 aliphatic carbocycles. The monoisotopic (exact) mass is 429 g/mol. The van der Waals surface area contributed by atoms with Gasteiger partial charge in [0.15, 0.2) is 11.5 Å². The molecule has 3 aromatic rings. The molecule has 0 fully saturated rings. The highest BCUT2D eigenvalue weighted by atomic mass is 32.1. The van der Waals surface area contributed by atoms with Gasteiger partial charge in [-0.05, 0) is 41.1 Å². The van der Waals surface area contributed by atoms with E-state index in [0.717, 1.165) is 29.0 Å². The maximum Gasteiger partial charge on any atom is 0.307 e. The van der Waals surface area contributed by atoms with E-state index in [1.54, 1.807) is 25.6 Å². The van der Waals surface area contributed by atoms with Crippen LogP contribution in [0.4, 0.5) is 0 Å². The number of thiophene rings is 1. The summed E-state index contributed by atoms with van der Waals surface area (Å²) in [6.07, 6.45) is 1.02. The zero-order chi connectivity index (χ0) is 21.1. The average Bonchev–Trinajstić information content (AvgIpc) is 3.46. The van der Waals surface area contributed by atoms with Crippen LogP contribution in [0.25, 0.3) is 10.7 Å². The number of benzene rings is 1. The van der Waals surface area contributed by atoms with Crippen molar-refractivity contribution < 1.29 is 23.5 Å². The van der Waals surface area contributed by atoms with Crippen LogP contribution < -0.4 is 9.47 Å². The normalized spacial score (nSPS) is 16.2. The summed E-state index contributed by atoms with van der Waals surface area (Å²) in [5.41, 5.74) is 2.14. The molecule has 0 unspecified atom stereocenters. The Morgan fingerprint density at radius 1 is 1.27 bits per heavy atom. The Morgan fingerprint density at radius 3 is 2.77 bits per heavy atom. The average molecular weight is 429 g/mol. The topological polar surface area (TPSA) is 86.9 Å². The number of ether oxygens (including phenoxy) is 3. The van der Waals surface area contributed by atoms with E-state index in [2.05, 4.69) is 15.0 Å². The fourth-order valence-corrected chi connectivity index (χ4v) is 4.40. The summed E-state index contributed by atoms with van der Waals surface area (Å²) in [6.45, 7) is 1.18. The van der Waals surface area contributed by atoms with E-state index in [-0.39, 0.29) is 18.4 Å². The molecule has 0 N–H and O–H groups in total. The predicted molar refractivity (Wildman–Crippen MR) is 111 cm³/mol. The molecule has 0 spiro atoms. The second kappa shape index (κ2) is 8.85. The number of aromatic nitrogens is 2. The third-order valence-electron chi connectivity index (χ3n) is 5.25. The molecule has 3 heterocycles. The Bertz CT molecular complexity index is 1020. The van der Waals surface area contributed by atoms with Gasteiger partial charge in [-0.15, -0.1) is 11.3 Å². The number of esters is 1. The van der Waals surface area contributed by atoms with Crippen molar-refractivity contribution in [2.24, 2.45) is 0 Å². The van der Waals surface area contributed by atoms with Crippen LogP contribution in [0.2, 0.25) is 0 Å². The van der Waals surface area contributed by atoms with Crippen LogP contribution in [-0.4, -0.2) is 48.9 Å². The first kappa shape index (κ1) is 20.4. The molecule has 0 amide bonds. The molecule has 30 heavy (non-hydrogen) atoms. The Morgan fingerprint density at radius 2 is 2.07 bits per heavy atom. The highest BCUT2D eigenvalue weighted by molar-refractivity contribution is 7.13. The molecular weight excluding hydrogens is 406 g/mol. The number of rotatable bonds is 7.